The summed E-state index contributed by atoms with van der Waals surface area (Å²) in [6.45, 7) is 2.54. The zero-order valence-corrected chi connectivity index (χ0v) is 26.2. The van der Waals surface area contributed by atoms with Crippen LogP contribution in [0.2, 0.25) is 15.1 Å². The molecule has 3 atom stereocenters. The highest BCUT2D eigenvalue weighted by Crippen LogP contribution is 2.28. The number of ketones is 1. The molecule has 2 N–H and O–H groups in total. The topological polar surface area (TPSA) is 93.7 Å². The fourth-order valence-electron chi connectivity index (χ4n) is 4.25. The summed E-state index contributed by atoms with van der Waals surface area (Å²) < 4.78 is 50.9. The average Bonchev–Trinajstić information content (AvgIpc) is 2.96. The van der Waals surface area contributed by atoms with Crippen LogP contribution < -0.4 is 20.1 Å². The third-order valence-electron chi connectivity index (χ3n) is 6.63. The lowest BCUT2D eigenvalue weighted by molar-refractivity contribution is -0.175. The maximum atomic E-state index is 13.8. The second-order valence-electron chi connectivity index (χ2n) is 10.2. The van der Waals surface area contributed by atoms with E-state index in [9.17, 15) is 27.6 Å². The number of amides is 2. The number of halogens is 6. The molecule has 0 radical (unpaired) electrons. The molecule has 0 saturated heterocycles. The highest BCUT2D eigenvalue weighted by Gasteiger charge is 2.45. The van der Waals surface area contributed by atoms with Crippen LogP contribution in [0.5, 0.6) is 11.5 Å². The third kappa shape index (κ3) is 9.77. The van der Waals surface area contributed by atoms with Crippen LogP contribution in [-0.4, -0.2) is 49.6 Å². The summed E-state index contributed by atoms with van der Waals surface area (Å²) in [5, 5.41) is 5.59. The minimum atomic E-state index is -5.17. The van der Waals surface area contributed by atoms with E-state index in [4.69, 9.17) is 44.3 Å². The van der Waals surface area contributed by atoms with Crippen LogP contribution in [0.4, 0.5) is 13.2 Å². The summed E-state index contributed by atoms with van der Waals surface area (Å²) in [5.74, 6) is -4.70. The summed E-state index contributed by atoms with van der Waals surface area (Å²) in [4.78, 5) is 39.4. The van der Waals surface area contributed by atoms with Crippen molar-refractivity contribution < 1.29 is 37.0 Å². The maximum absolute atomic E-state index is 13.8. The molecule has 3 aromatic rings. The monoisotopic (exact) mass is 672 g/mol. The average molecular weight is 674 g/mol. The Bertz CT molecular complexity index is 1470. The van der Waals surface area contributed by atoms with E-state index in [1.807, 2.05) is 0 Å². The van der Waals surface area contributed by atoms with Gasteiger partial charge in [0.05, 0.1) is 29.1 Å². The predicted molar refractivity (Wildman–Crippen MR) is 163 cm³/mol. The normalized spacial score (nSPS) is 13.5. The van der Waals surface area contributed by atoms with E-state index in [1.165, 1.54) is 33.1 Å². The Kier molecular flexibility index (Phi) is 12.3. The van der Waals surface area contributed by atoms with Gasteiger partial charge in [-0.3, -0.25) is 14.4 Å². The minimum Gasteiger partial charge on any atom is -0.497 e. The van der Waals surface area contributed by atoms with E-state index < -0.39 is 47.7 Å². The van der Waals surface area contributed by atoms with Crippen molar-refractivity contribution in [2.24, 2.45) is 5.92 Å². The van der Waals surface area contributed by atoms with Crippen molar-refractivity contribution >= 4 is 52.4 Å². The number of hydrogen-bond acceptors (Lipinski definition) is 5. The second kappa shape index (κ2) is 15.5. The van der Waals surface area contributed by atoms with E-state index >= 15 is 0 Å². The van der Waals surface area contributed by atoms with E-state index in [1.54, 1.807) is 54.6 Å². The molecule has 0 aromatic heterocycles. The van der Waals surface area contributed by atoms with E-state index in [-0.39, 0.29) is 23.1 Å². The molecule has 13 heteroatoms. The first-order chi connectivity index (χ1) is 20.7. The lowest BCUT2D eigenvalue weighted by atomic mass is 9.96. The molecule has 7 nitrogen and oxygen atoms in total. The maximum Gasteiger partial charge on any atom is 0.452 e. The highest BCUT2D eigenvalue weighted by atomic mass is 35.5. The standard InChI is InChI=1S/C31H30Cl3F3N2O5/c1-17(2)27(28(40)31(35,36)37)39-30(42)26(14-18-5-4-6-20(32)13-18)38-29(41)23(19-7-12-24(33)25(34)15-19)16-44-22-10-8-21(43-3)9-11-22/h4-13,15,17,23,26-27H,14,16H2,1-3H3,(H,38,41)(H,39,42)/t23-,26+,27+/m1/s1. The van der Waals surface area contributed by atoms with Gasteiger partial charge in [-0.2, -0.15) is 13.2 Å². The molecule has 236 valence electrons. The Balaban J connectivity index is 1.94. The lowest BCUT2D eigenvalue weighted by Gasteiger charge is -2.27. The molecule has 0 aliphatic heterocycles. The number of carbonyl (C=O) groups excluding carboxylic acids is 3. The minimum absolute atomic E-state index is 0.142. The van der Waals surface area contributed by atoms with Crippen molar-refractivity contribution in [2.75, 3.05) is 13.7 Å². The van der Waals surface area contributed by atoms with Crippen molar-refractivity contribution in [3.8, 4) is 11.5 Å². The van der Waals surface area contributed by atoms with Gasteiger partial charge in [0.15, 0.2) is 0 Å². The summed E-state index contributed by atoms with van der Waals surface area (Å²) in [5.41, 5.74) is 0.918. The molecular weight excluding hydrogens is 644 g/mol. The van der Waals surface area contributed by atoms with Gasteiger partial charge in [-0.25, -0.2) is 0 Å². The number of ether oxygens (including phenoxy) is 2. The molecule has 0 heterocycles. The third-order valence-corrected chi connectivity index (χ3v) is 7.60. The summed E-state index contributed by atoms with van der Waals surface area (Å²) in [6, 6.07) is 14.3. The molecule has 3 aromatic carbocycles. The molecule has 2 amide bonds. The van der Waals surface area contributed by atoms with Gasteiger partial charge in [0.1, 0.15) is 24.1 Å². The van der Waals surface area contributed by atoms with Crippen LogP contribution in [0.15, 0.2) is 66.7 Å². The van der Waals surface area contributed by atoms with Crippen molar-refractivity contribution in [3.63, 3.8) is 0 Å². The number of methoxy groups -OCH3 is 1. The molecular formula is C31H30Cl3F3N2O5. The quantitative estimate of drug-likeness (QED) is 0.208. The SMILES string of the molecule is COc1ccc(OC[C@@H](C(=O)N[C@@H](Cc2cccc(Cl)c2)C(=O)N[C@H](C(=O)C(F)(F)F)C(C)C)c2ccc(Cl)c(Cl)c2)cc1. The predicted octanol–water partition coefficient (Wildman–Crippen LogP) is 6.82. The molecule has 0 spiro atoms. The van der Waals surface area contributed by atoms with Gasteiger partial charge in [-0.05, 0) is 65.6 Å². The Hall–Kier alpha value is -3.47. The number of hydrogen-bond donors (Lipinski definition) is 2. The van der Waals surface area contributed by atoms with Crippen molar-refractivity contribution in [2.45, 2.75) is 44.4 Å². The second-order valence-corrected chi connectivity index (χ2v) is 11.5. The zero-order chi connectivity index (χ0) is 32.6. The molecule has 0 fully saturated rings. The number of Topliss-reactive ketones (excluding diaryl/α,β-unsaturated/α-hetero) is 1. The van der Waals surface area contributed by atoms with Crippen LogP contribution in [0.25, 0.3) is 0 Å². The number of nitrogens with one attached hydrogen (secondary N) is 2. The molecule has 0 bridgehead atoms. The summed E-state index contributed by atoms with van der Waals surface area (Å²) in [7, 11) is 1.51. The first-order valence-corrected chi connectivity index (χ1v) is 14.5. The number of alkyl halides is 3. The van der Waals surface area contributed by atoms with Gasteiger partial charge in [-0.1, -0.05) is 66.8 Å². The Morgan fingerprint density at radius 2 is 1.50 bits per heavy atom. The van der Waals surface area contributed by atoms with E-state index in [2.05, 4.69) is 10.6 Å². The smallest absolute Gasteiger partial charge is 0.452 e. The summed E-state index contributed by atoms with van der Waals surface area (Å²) >= 11 is 18.4. The van der Waals surface area contributed by atoms with Gasteiger partial charge < -0.3 is 20.1 Å². The van der Waals surface area contributed by atoms with Gasteiger partial charge in [-0.15, -0.1) is 0 Å². The molecule has 0 aliphatic carbocycles. The van der Waals surface area contributed by atoms with Crippen LogP contribution in [0.1, 0.15) is 30.9 Å². The van der Waals surface area contributed by atoms with E-state index in [0.717, 1.165) is 0 Å². The molecule has 44 heavy (non-hydrogen) atoms. The van der Waals surface area contributed by atoms with Gasteiger partial charge >= 0.3 is 6.18 Å². The van der Waals surface area contributed by atoms with Crippen molar-refractivity contribution in [1.29, 1.82) is 0 Å². The Morgan fingerprint density at radius 1 is 0.841 bits per heavy atom. The van der Waals surface area contributed by atoms with Crippen molar-refractivity contribution in [3.05, 3.63) is 92.9 Å². The van der Waals surface area contributed by atoms with Gasteiger partial charge in [0.2, 0.25) is 11.8 Å². The van der Waals surface area contributed by atoms with Crippen LogP contribution in [-0.2, 0) is 20.8 Å². The molecule has 0 saturated carbocycles. The zero-order valence-electron chi connectivity index (χ0n) is 23.9. The Labute approximate surface area is 268 Å². The first kappa shape index (κ1) is 35.0. The number of benzene rings is 3. The van der Waals surface area contributed by atoms with Gasteiger partial charge in [0, 0.05) is 11.4 Å². The fourth-order valence-corrected chi connectivity index (χ4v) is 4.77. The Morgan fingerprint density at radius 3 is 2.07 bits per heavy atom. The molecule has 0 unspecified atom stereocenters. The lowest BCUT2D eigenvalue weighted by Crippen LogP contribution is -2.56. The molecule has 3 rings (SSSR count). The largest absolute Gasteiger partial charge is 0.497 e. The van der Waals surface area contributed by atoms with Gasteiger partial charge in [0.25, 0.3) is 5.78 Å². The van der Waals surface area contributed by atoms with E-state index in [0.29, 0.717) is 27.6 Å². The van der Waals surface area contributed by atoms with Crippen LogP contribution in [0.3, 0.4) is 0 Å². The summed E-state index contributed by atoms with van der Waals surface area (Å²) in [6.07, 6.45) is -5.32. The van der Waals surface area contributed by atoms with Crippen LogP contribution >= 0.6 is 34.8 Å². The fraction of sp³-hybridized carbons (Fsp3) is 0.323. The van der Waals surface area contributed by atoms with Crippen LogP contribution in [0, 0.1) is 5.92 Å². The molecule has 0 aliphatic rings. The van der Waals surface area contributed by atoms with Crippen molar-refractivity contribution in [1.82, 2.24) is 10.6 Å². The first-order valence-electron chi connectivity index (χ1n) is 13.4. The highest BCUT2D eigenvalue weighted by molar-refractivity contribution is 6.42. The number of carbonyl (C=O) groups is 3. The number of rotatable bonds is 13.